The number of pyridine rings is 1. The van der Waals surface area contributed by atoms with Crippen LogP contribution in [-0.2, 0) is 11.3 Å². The van der Waals surface area contributed by atoms with Crippen molar-refractivity contribution in [3.8, 4) is 0 Å². The first kappa shape index (κ1) is 24.0. The summed E-state index contributed by atoms with van der Waals surface area (Å²) in [7, 11) is 1.57. The molecule has 36 heavy (non-hydrogen) atoms. The van der Waals surface area contributed by atoms with E-state index >= 15 is 0 Å². The Bertz CT molecular complexity index is 1550. The molecule has 4 heterocycles. The minimum absolute atomic E-state index is 0.0226. The molecule has 0 fully saturated rings. The summed E-state index contributed by atoms with van der Waals surface area (Å²) in [6.45, 7) is 5.21. The molecule has 0 spiro atoms. The smallest absolute Gasteiger partial charge is 0.410 e. The standard InChI is InChI=1S/C25H24F2N4O4S/c1-25(2,3)35-24(34)31-10-18-21(12-7-14(26)15(27)8-13(12)22(32)29-18)19(11-31)30(4)23(33)17-9-20-16(28-17)5-6-36-20/h5-9,19,28H,10-11H2,1-4H3,(H,29,32). The van der Waals surface area contributed by atoms with Crippen LogP contribution in [0.1, 0.15) is 48.6 Å². The molecule has 5 rings (SSSR count). The first-order chi connectivity index (χ1) is 16.9. The van der Waals surface area contributed by atoms with Gasteiger partial charge in [0.25, 0.3) is 11.5 Å². The molecule has 0 saturated carbocycles. The third-order valence-electron chi connectivity index (χ3n) is 6.17. The second-order valence-corrected chi connectivity index (χ2v) is 10.8. The lowest BCUT2D eigenvalue weighted by Crippen LogP contribution is -2.47. The quantitative estimate of drug-likeness (QED) is 0.397. The number of likely N-dealkylation sites (N-methyl/N-ethyl adjacent to an activating group) is 1. The van der Waals surface area contributed by atoms with E-state index in [1.54, 1.807) is 33.9 Å². The fourth-order valence-electron chi connectivity index (χ4n) is 4.53. The monoisotopic (exact) mass is 514 g/mol. The summed E-state index contributed by atoms with van der Waals surface area (Å²) >= 11 is 1.49. The Balaban J connectivity index is 1.63. The molecular weight excluding hydrogens is 490 g/mol. The zero-order valence-corrected chi connectivity index (χ0v) is 20.9. The van der Waals surface area contributed by atoms with E-state index in [-0.39, 0.29) is 29.8 Å². The van der Waals surface area contributed by atoms with E-state index in [1.165, 1.54) is 21.1 Å². The van der Waals surface area contributed by atoms with Crippen LogP contribution in [-0.4, -0.2) is 51.0 Å². The van der Waals surface area contributed by atoms with Gasteiger partial charge in [-0.05, 0) is 55.8 Å². The third-order valence-corrected chi connectivity index (χ3v) is 7.03. The molecular formula is C25H24F2N4O4S. The fraction of sp³-hybridized carbons (Fsp3) is 0.320. The molecule has 11 heteroatoms. The topological polar surface area (TPSA) is 98.5 Å². The average molecular weight is 515 g/mol. The summed E-state index contributed by atoms with van der Waals surface area (Å²) < 4.78 is 34.8. The Morgan fingerprint density at radius 1 is 1.14 bits per heavy atom. The maximum atomic E-state index is 14.3. The van der Waals surface area contributed by atoms with Crippen LogP contribution in [0.2, 0.25) is 0 Å². The number of aromatic amines is 2. The van der Waals surface area contributed by atoms with Gasteiger partial charge in [0.15, 0.2) is 11.6 Å². The predicted molar refractivity (Wildman–Crippen MR) is 132 cm³/mol. The van der Waals surface area contributed by atoms with Gasteiger partial charge in [0, 0.05) is 24.8 Å². The molecule has 1 aliphatic heterocycles. The van der Waals surface area contributed by atoms with E-state index in [0.29, 0.717) is 17.0 Å². The summed E-state index contributed by atoms with van der Waals surface area (Å²) in [6, 6.07) is 4.65. The van der Waals surface area contributed by atoms with E-state index in [0.717, 1.165) is 22.3 Å². The van der Waals surface area contributed by atoms with E-state index in [9.17, 15) is 23.2 Å². The molecule has 8 nitrogen and oxygen atoms in total. The lowest BCUT2D eigenvalue weighted by atomic mass is 9.92. The molecule has 0 saturated heterocycles. The van der Waals surface area contributed by atoms with Crippen LogP contribution in [0.15, 0.2) is 34.4 Å². The van der Waals surface area contributed by atoms with E-state index in [1.807, 2.05) is 11.4 Å². The van der Waals surface area contributed by atoms with Crippen molar-refractivity contribution >= 4 is 44.3 Å². The molecule has 0 bridgehead atoms. The number of hydrogen-bond donors (Lipinski definition) is 2. The Labute approximate surface area is 208 Å². The maximum absolute atomic E-state index is 14.3. The minimum Gasteiger partial charge on any atom is -0.444 e. The van der Waals surface area contributed by atoms with Crippen LogP contribution in [0.4, 0.5) is 13.6 Å². The highest BCUT2D eigenvalue weighted by Crippen LogP contribution is 2.36. The Morgan fingerprint density at radius 2 is 1.83 bits per heavy atom. The van der Waals surface area contributed by atoms with E-state index in [2.05, 4.69) is 9.97 Å². The minimum atomic E-state index is -1.15. The Kier molecular flexibility index (Phi) is 5.62. The number of ether oxygens (including phenoxy) is 1. The number of nitrogens with one attached hydrogen (secondary N) is 2. The van der Waals surface area contributed by atoms with Crippen molar-refractivity contribution < 1.29 is 23.1 Å². The van der Waals surface area contributed by atoms with E-state index < -0.39 is 34.9 Å². The van der Waals surface area contributed by atoms with Crippen LogP contribution in [0, 0.1) is 11.6 Å². The molecule has 1 atom stereocenters. The normalized spacial score (nSPS) is 15.8. The number of thiophene rings is 1. The van der Waals surface area contributed by atoms with Gasteiger partial charge in [-0.2, -0.15) is 0 Å². The number of aromatic nitrogens is 2. The summed E-state index contributed by atoms with van der Waals surface area (Å²) in [4.78, 5) is 47.8. The van der Waals surface area contributed by atoms with Crippen molar-refractivity contribution in [3.05, 3.63) is 68.6 Å². The van der Waals surface area contributed by atoms with Crippen LogP contribution < -0.4 is 5.56 Å². The maximum Gasteiger partial charge on any atom is 0.410 e. The first-order valence-corrected chi connectivity index (χ1v) is 12.2. The van der Waals surface area contributed by atoms with Gasteiger partial charge in [-0.25, -0.2) is 13.6 Å². The average Bonchev–Trinajstić information content (AvgIpc) is 3.40. The van der Waals surface area contributed by atoms with Gasteiger partial charge in [-0.3, -0.25) is 14.5 Å². The highest BCUT2D eigenvalue weighted by molar-refractivity contribution is 7.17. The molecule has 2 amide bonds. The number of H-pyrrole nitrogens is 2. The van der Waals surface area contributed by atoms with Gasteiger partial charge in [-0.1, -0.05) is 0 Å². The van der Waals surface area contributed by atoms with E-state index in [4.69, 9.17) is 4.74 Å². The van der Waals surface area contributed by atoms with Gasteiger partial charge in [-0.15, -0.1) is 11.3 Å². The Morgan fingerprint density at radius 3 is 2.50 bits per heavy atom. The molecule has 3 aromatic heterocycles. The zero-order valence-electron chi connectivity index (χ0n) is 20.1. The van der Waals surface area contributed by atoms with Crippen molar-refractivity contribution in [2.45, 2.75) is 39.0 Å². The number of halogens is 2. The van der Waals surface area contributed by atoms with Gasteiger partial charge < -0.3 is 19.6 Å². The third kappa shape index (κ3) is 4.13. The Hall–Kier alpha value is -3.73. The molecule has 188 valence electrons. The number of rotatable bonds is 2. The summed E-state index contributed by atoms with van der Waals surface area (Å²) in [5.41, 5.74) is 0.568. The highest BCUT2D eigenvalue weighted by atomic mass is 32.1. The zero-order chi connectivity index (χ0) is 25.9. The number of carbonyl (C=O) groups excluding carboxylic acids is 2. The van der Waals surface area contributed by atoms with Crippen molar-refractivity contribution in [2.75, 3.05) is 13.6 Å². The van der Waals surface area contributed by atoms with Crippen LogP contribution in [0.3, 0.4) is 0 Å². The van der Waals surface area contributed by atoms with Gasteiger partial charge in [0.1, 0.15) is 11.3 Å². The molecule has 2 N–H and O–H groups in total. The largest absolute Gasteiger partial charge is 0.444 e. The lowest BCUT2D eigenvalue weighted by molar-refractivity contribution is 0.0142. The molecule has 4 aromatic rings. The van der Waals surface area contributed by atoms with Crippen molar-refractivity contribution in [1.82, 2.24) is 19.8 Å². The van der Waals surface area contributed by atoms with Gasteiger partial charge in [0.05, 0.1) is 28.2 Å². The molecule has 0 radical (unpaired) electrons. The van der Waals surface area contributed by atoms with Crippen LogP contribution >= 0.6 is 11.3 Å². The number of fused-ring (bicyclic) bond motifs is 4. The number of nitrogens with zero attached hydrogens (tertiary/aromatic N) is 2. The number of carbonyl (C=O) groups is 2. The van der Waals surface area contributed by atoms with Crippen molar-refractivity contribution in [2.24, 2.45) is 0 Å². The van der Waals surface area contributed by atoms with Crippen molar-refractivity contribution in [3.63, 3.8) is 0 Å². The number of benzene rings is 1. The SMILES string of the molecule is CN(C(=O)c1cc2sccc2[nH]1)C1CN(C(=O)OC(C)(C)C)Cc2[nH]c(=O)c3cc(F)c(F)cc3c21. The lowest BCUT2D eigenvalue weighted by Gasteiger charge is -2.39. The predicted octanol–water partition coefficient (Wildman–Crippen LogP) is 4.91. The summed E-state index contributed by atoms with van der Waals surface area (Å²) in [5, 5.41) is 2.06. The molecule has 1 unspecified atom stereocenters. The second-order valence-electron chi connectivity index (χ2n) is 9.83. The molecule has 1 aliphatic rings. The fourth-order valence-corrected chi connectivity index (χ4v) is 5.31. The second kappa shape index (κ2) is 8.44. The molecule has 0 aliphatic carbocycles. The number of hydrogen-bond acceptors (Lipinski definition) is 5. The van der Waals surface area contributed by atoms with Gasteiger partial charge >= 0.3 is 6.09 Å². The summed E-state index contributed by atoms with van der Waals surface area (Å²) in [6.07, 6.45) is -0.620. The van der Waals surface area contributed by atoms with Gasteiger partial charge in [0.2, 0.25) is 0 Å². The molecule has 1 aromatic carbocycles. The van der Waals surface area contributed by atoms with Crippen LogP contribution in [0.5, 0.6) is 0 Å². The van der Waals surface area contributed by atoms with Crippen molar-refractivity contribution in [1.29, 1.82) is 0 Å². The number of amides is 2. The summed E-state index contributed by atoms with van der Waals surface area (Å²) in [5.74, 6) is -2.61. The first-order valence-electron chi connectivity index (χ1n) is 11.3. The van der Waals surface area contributed by atoms with Crippen LogP contribution in [0.25, 0.3) is 21.0 Å². The highest BCUT2D eigenvalue weighted by Gasteiger charge is 2.37.